The molecule has 0 saturated carbocycles. The first-order valence-corrected chi connectivity index (χ1v) is 2.76. The van der Waals surface area contributed by atoms with Crippen molar-refractivity contribution >= 4 is 0 Å². The van der Waals surface area contributed by atoms with Gasteiger partial charge in [-0.15, -0.1) is 0 Å². The third kappa shape index (κ3) is 0.915. The van der Waals surface area contributed by atoms with Gasteiger partial charge in [0, 0.05) is 5.70 Å². The van der Waals surface area contributed by atoms with E-state index in [-0.39, 0.29) is 5.54 Å². The highest BCUT2D eigenvalue weighted by atomic mass is 15.0. The first-order valence-electron chi connectivity index (χ1n) is 2.76. The third-order valence-corrected chi connectivity index (χ3v) is 1.18. The lowest BCUT2D eigenvalue weighted by atomic mass is 10.1. The number of nitrogens with one attached hydrogen (secondary N) is 1. The molecule has 0 radical (unpaired) electrons. The van der Waals surface area contributed by atoms with Crippen molar-refractivity contribution in [2.45, 2.75) is 19.4 Å². The van der Waals surface area contributed by atoms with Crippen LogP contribution in [0.2, 0.25) is 0 Å². The number of allylic oxidation sites excluding steroid dienone is 1. The van der Waals surface area contributed by atoms with Crippen LogP contribution in [0.15, 0.2) is 24.4 Å². The van der Waals surface area contributed by atoms with Gasteiger partial charge in [0.05, 0.1) is 5.54 Å². The maximum absolute atomic E-state index is 3.75. The second kappa shape index (κ2) is 1.38. The van der Waals surface area contributed by atoms with Crippen molar-refractivity contribution in [3.05, 3.63) is 24.4 Å². The summed E-state index contributed by atoms with van der Waals surface area (Å²) in [5.41, 5.74) is 1.15. The molecule has 0 aromatic heterocycles. The first kappa shape index (κ1) is 5.42. The molecule has 0 aliphatic carbocycles. The van der Waals surface area contributed by atoms with E-state index >= 15 is 0 Å². The van der Waals surface area contributed by atoms with Crippen LogP contribution in [0.3, 0.4) is 0 Å². The highest BCUT2D eigenvalue weighted by molar-refractivity contribution is 5.26. The Balaban J connectivity index is 2.72. The predicted molar refractivity (Wildman–Crippen MR) is 35.5 cm³/mol. The van der Waals surface area contributed by atoms with E-state index in [0.717, 1.165) is 5.70 Å². The van der Waals surface area contributed by atoms with E-state index in [1.165, 1.54) is 0 Å². The summed E-state index contributed by atoms with van der Waals surface area (Å²) in [5, 5.41) is 3.19. The van der Waals surface area contributed by atoms with Crippen LogP contribution in [0.5, 0.6) is 0 Å². The number of hydrogen-bond donors (Lipinski definition) is 1. The molecule has 44 valence electrons. The fourth-order valence-electron chi connectivity index (χ4n) is 0.806. The minimum Gasteiger partial charge on any atom is -0.377 e. The van der Waals surface area contributed by atoms with Gasteiger partial charge < -0.3 is 5.32 Å². The molecule has 1 aliphatic rings. The molecule has 1 rings (SSSR count). The van der Waals surface area contributed by atoms with Crippen LogP contribution in [0.25, 0.3) is 0 Å². The van der Waals surface area contributed by atoms with Crippen LogP contribution in [0.4, 0.5) is 0 Å². The molecule has 0 aromatic carbocycles. The van der Waals surface area contributed by atoms with Gasteiger partial charge >= 0.3 is 0 Å². The van der Waals surface area contributed by atoms with Gasteiger partial charge in [0.1, 0.15) is 0 Å². The molecule has 8 heavy (non-hydrogen) atoms. The van der Waals surface area contributed by atoms with E-state index < -0.39 is 0 Å². The molecule has 1 aliphatic heterocycles. The average molecular weight is 109 g/mol. The van der Waals surface area contributed by atoms with Crippen molar-refractivity contribution in [2.24, 2.45) is 0 Å². The van der Waals surface area contributed by atoms with Crippen molar-refractivity contribution in [1.29, 1.82) is 0 Å². The second-order valence-electron chi connectivity index (χ2n) is 2.71. The molecule has 0 fully saturated rings. The molecule has 1 nitrogen and oxygen atoms in total. The van der Waals surface area contributed by atoms with E-state index in [4.69, 9.17) is 0 Å². The molecule has 0 aromatic rings. The number of rotatable bonds is 0. The molecule has 1 heteroatoms. The minimum absolute atomic E-state index is 0.136. The van der Waals surface area contributed by atoms with Gasteiger partial charge in [-0.2, -0.15) is 0 Å². The van der Waals surface area contributed by atoms with E-state index in [2.05, 4.69) is 31.8 Å². The Morgan fingerprint density at radius 3 is 2.38 bits per heavy atom. The molecule has 1 N–H and O–H groups in total. The fraction of sp³-hybridized carbons (Fsp3) is 0.429. The van der Waals surface area contributed by atoms with Gasteiger partial charge in [-0.25, -0.2) is 0 Å². The minimum atomic E-state index is 0.136. The fourth-order valence-corrected chi connectivity index (χ4v) is 0.806. The van der Waals surface area contributed by atoms with Crippen LogP contribution < -0.4 is 5.32 Å². The zero-order chi connectivity index (χ0) is 6.20. The Morgan fingerprint density at radius 1 is 1.62 bits per heavy atom. The molecule has 0 unspecified atom stereocenters. The highest BCUT2D eigenvalue weighted by Crippen LogP contribution is 2.13. The topological polar surface area (TPSA) is 12.0 Å². The highest BCUT2D eigenvalue weighted by Gasteiger charge is 2.16. The maximum atomic E-state index is 3.75. The summed E-state index contributed by atoms with van der Waals surface area (Å²) in [4.78, 5) is 0. The molecule has 0 saturated heterocycles. The lowest BCUT2D eigenvalue weighted by Gasteiger charge is -2.16. The van der Waals surface area contributed by atoms with Gasteiger partial charge in [-0.1, -0.05) is 12.7 Å². The van der Waals surface area contributed by atoms with Crippen LogP contribution in [-0.2, 0) is 0 Å². The molecule has 0 bridgehead atoms. The van der Waals surface area contributed by atoms with Crippen LogP contribution in [0.1, 0.15) is 13.8 Å². The van der Waals surface area contributed by atoms with Crippen LogP contribution >= 0.6 is 0 Å². The zero-order valence-electron chi connectivity index (χ0n) is 5.36. The zero-order valence-corrected chi connectivity index (χ0v) is 5.36. The van der Waals surface area contributed by atoms with E-state index in [0.29, 0.717) is 0 Å². The normalized spacial score (nSPS) is 23.5. The molecule has 0 atom stereocenters. The summed E-state index contributed by atoms with van der Waals surface area (Å²) in [7, 11) is 0. The van der Waals surface area contributed by atoms with E-state index in [1.807, 2.05) is 6.08 Å². The van der Waals surface area contributed by atoms with Gasteiger partial charge in [0.15, 0.2) is 0 Å². The SMILES string of the molecule is C=C1C=CC(C)(C)N1. The summed E-state index contributed by atoms with van der Waals surface area (Å²) in [5.74, 6) is 0. The summed E-state index contributed by atoms with van der Waals surface area (Å²) in [6.45, 7) is 7.98. The van der Waals surface area contributed by atoms with Crippen molar-refractivity contribution < 1.29 is 0 Å². The van der Waals surface area contributed by atoms with Crippen molar-refractivity contribution in [2.75, 3.05) is 0 Å². The average Bonchev–Trinajstić information content (AvgIpc) is 1.82. The van der Waals surface area contributed by atoms with Crippen molar-refractivity contribution in [3.8, 4) is 0 Å². The summed E-state index contributed by atoms with van der Waals surface area (Å²) in [6.07, 6.45) is 4.11. The summed E-state index contributed by atoms with van der Waals surface area (Å²) < 4.78 is 0. The number of hydrogen-bond acceptors (Lipinski definition) is 1. The molecular formula is C7H11N. The standard InChI is InChI=1S/C7H11N/c1-6-4-5-7(2,3)8-6/h4-5,8H,1H2,2-3H3. The van der Waals surface area contributed by atoms with Gasteiger partial charge in [-0.05, 0) is 19.9 Å². The third-order valence-electron chi connectivity index (χ3n) is 1.18. The largest absolute Gasteiger partial charge is 0.377 e. The maximum Gasteiger partial charge on any atom is 0.0503 e. The lowest BCUT2D eigenvalue weighted by Crippen LogP contribution is -2.30. The Morgan fingerprint density at radius 2 is 2.25 bits per heavy atom. The quantitative estimate of drug-likeness (QED) is 0.496. The second-order valence-corrected chi connectivity index (χ2v) is 2.71. The van der Waals surface area contributed by atoms with Crippen molar-refractivity contribution in [1.82, 2.24) is 5.32 Å². The van der Waals surface area contributed by atoms with Gasteiger partial charge in [0.2, 0.25) is 0 Å². The Kier molecular flexibility index (Phi) is 0.932. The van der Waals surface area contributed by atoms with E-state index in [9.17, 15) is 0 Å². The Labute approximate surface area is 50.1 Å². The molecule has 0 spiro atoms. The molecule has 0 amide bonds. The van der Waals surface area contributed by atoms with E-state index in [1.54, 1.807) is 0 Å². The summed E-state index contributed by atoms with van der Waals surface area (Å²) in [6, 6.07) is 0. The molecular weight excluding hydrogens is 98.1 g/mol. The lowest BCUT2D eigenvalue weighted by molar-refractivity contribution is 0.563. The van der Waals surface area contributed by atoms with Crippen LogP contribution in [-0.4, -0.2) is 5.54 Å². The smallest absolute Gasteiger partial charge is 0.0503 e. The van der Waals surface area contributed by atoms with Crippen LogP contribution in [0, 0.1) is 0 Å². The summed E-state index contributed by atoms with van der Waals surface area (Å²) >= 11 is 0. The Bertz CT molecular complexity index is 142. The van der Waals surface area contributed by atoms with Gasteiger partial charge in [0.25, 0.3) is 0 Å². The Hall–Kier alpha value is -0.720. The predicted octanol–water partition coefficient (Wildman–Crippen LogP) is 1.44. The first-order chi connectivity index (χ1) is 3.60. The van der Waals surface area contributed by atoms with Crippen molar-refractivity contribution in [3.63, 3.8) is 0 Å². The molecule has 1 heterocycles. The van der Waals surface area contributed by atoms with Gasteiger partial charge in [-0.3, -0.25) is 0 Å². The monoisotopic (exact) mass is 109 g/mol.